The van der Waals surface area contributed by atoms with E-state index in [4.69, 9.17) is 15.6 Å². The Bertz CT molecular complexity index is 1120. The van der Waals surface area contributed by atoms with Gasteiger partial charge in [0, 0.05) is 31.6 Å². The fourth-order valence-corrected chi connectivity index (χ4v) is 3.99. The zero-order valence-corrected chi connectivity index (χ0v) is 18.4. The van der Waals surface area contributed by atoms with Crippen molar-refractivity contribution in [1.29, 1.82) is 0 Å². The summed E-state index contributed by atoms with van der Waals surface area (Å²) in [4.78, 5) is 29.8. The molecule has 0 aliphatic carbocycles. The summed E-state index contributed by atoms with van der Waals surface area (Å²) in [6, 6.07) is -1.05. The average molecular weight is 508 g/mol. The second kappa shape index (κ2) is 10.2. The summed E-state index contributed by atoms with van der Waals surface area (Å²) >= 11 is 0. The normalized spacial score (nSPS) is 16.7. The minimum Gasteiger partial charge on any atom is -0.458 e. The highest BCUT2D eigenvalue weighted by molar-refractivity contribution is 5.89. The molecule has 0 unspecified atom stereocenters. The molecule has 35 heavy (non-hydrogen) atoms. The summed E-state index contributed by atoms with van der Waals surface area (Å²) < 4.78 is 86.5. The highest BCUT2D eigenvalue weighted by Crippen LogP contribution is 2.36. The maximum atomic E-state index is 13.9. The van der Waals surface area contributed by atoms with Gasteiger partial charge in [-0.15, -0.1) is 0 Å². The second-order valence-electron chi connectivity index (χ2n) is 7.97. The Kier molecular flexibility index (Phi) is 7.74. The number of rotatable bonds is 7. The number of ether oxygens (including phenoxy) is 1. The molecule has 14 heteroatoms. The number of carbonyl (C=O) groups is 2. The number of fused-ring (bicyclic) bond motifs is 1. The van der Waals surface area contributed by atoms with Crippen LogP contribution in [-0.4, -0.2) is 57.2 Å². The molecule has 1 aliphatic heterocycles. The van der Waals surface area contributed by atoms with Gasteiger partial charge in [-0.05, 0) is 25.0 Å². The van der Waals surface area contributed by atoms with Crippen molar-refractivity contribution in [3.63, 3.8) is 0 Å². The van der Waals surface area contributed by atoms with Crippen molar-refractivity contribution in [2.45, 2.75) is 44.6 Å². The van der Waals surface area contributed by atoms with Crippen LogP contribution in [0.15, 0.2) is 12.1 Å². The first-order chi connectivity index (χ1) is 16.3. The van der Waals surface area contributed by atoms with Gasteiger partial charge in [-0.2, -0.15) is 13.2 Å². The third-order valence-electron chi connectivity index (χ3n) is 5.53. The smallest absolute Gasteiger partial charge is 0.449 e. The Morgan fingerprint density at radius 3 is 2.49 bits per heavy atom. The van der Waals surface area contributed by atoms with Crippen LogP contribution in [0.3, 0.4) is 0 Å². The molecule has 8 nitrogen and oxygen atoms in total. The number of aliphatic hydroxyl groups is 1. The predicted octanol–water partition coefficient (Wildman–Crippen LogP) is 2.33. The molecule has 0 radical (unpaired) electrons. The van der Waals surface area contributed by atoms with Gasteiger partial charge >= 0.3 is 12.1 Å². The lowest BCUT2D eigenvalue weighted by Crippen LogP contribution is -2.44. The second-order valence-corrected chi connectivity index (χ2v) is 7.97. The standard InChI is InChI=1S/C21H22F6N4O4/c1-10-18-17(19(34)35-5-4-32)29-20(21(25,26)27)31(18)3-2-30(10)16(33)8-12(28)6-11-7-14(23)15(24)9-13(11)22/h7,9-10,12,32H,2-6,8,28H2,1H3/t10-,12-/m1/s1. The van der Waals surface area contributed by atoms with Gasteiger partial charge in [0.25, 0.3) is 0 Å². The number of esters is 1. The molecule has 2 aromatic rings. The fourth-order valence-electron chi connectivity index (χ4n) is 3.99. The highest BCUT2D eigenvalue weighted by Gasteiger charge is 2.44. The van der Waals surface area contributed by atoms with Crippen LogP contribution in [0.4, 0.5) is 26.3 Å². The molecule has 192 valence electrons. The molecule has 2 atom stereocenters. The van der Waals surface area contributed by atoms with Crippen molar-refractivity contribution in [1.82, 2.24) is 14.5 Å². The number of amides is 1. The van der Waals surface area contributed by atoms with Gasteiger partial charge in [0.2, 0.25) is 11.7 Å². The van der Waals surface area contributed by atoms with Crippen molar-refractivity contribution in [2.75, 3.05) is 19.8 Å². The zero-order chi connectivity index (χ0) is 26.1. The third kappa shape index (κ3) is 5.59. The Balaban J connectivity index is 1.82. The van der Waals surface area contributed by atoms with Crippen LogP contribution < -0.4 is 5.73 Å². The SMILES string of the molecule is C[C@@H]1c2c(C(=O)OCCO)nc(C(F)(F)F)n2CCN1C(=O)C[C@H](N)Cc1cc(F)c(F)cc1F. The van der Waals surface area contributed by atoms with E-state index in [1.165, 1.54) is 11.8 Å². The van der Waals surface area contributed by atoms with Gasteiger partial charge in [0.05, 0.1) is 18.3 Å². The molecule has 0 saturated heterocycles. The molecule has 1 aromatic heterocycles. The molecule has 3 rings (SSSR count). The molecule has 0 saturated carbocycles. The van der Waals surface area contributed by atoms with Gasteiger partial charge < -0.3 is 25.0 Å². The first kappa shape index (κ1) is 26.5. The summed E-state index contributed by atoms with van der Waals surface area (Å²) in [5, 5.41) is 8.83. The highest BCUT2D eigenvalue weighted by atomic mass is 19.4. The molecule has 1 aromatic carbocycles. The van der Waals surface area contributed by atoms with Crippen LogP contribution in [0.25, 0.3) is 0 Å². The fraction of sp³-hybridized carbons (Fsp3) is 0.476. The number of alkyl halides is 3. The predicted molar refractivity (Wildman–Crippen MR) is 107 cm³/mol. The molecule has 3 N–H and O–H groups in total. The number of hydrogen-bond acceptors (Lipinski definition) is 6. The molecular formula is C21H22F6N4O4. The Labute approximate surface area is 195 Å². The van der Waals surface area contributed by atoms with Crippen LogP contribution in [0.5, 0.6) is 0 Å². The van der Waals surface area contributed by atoms with E-state index in [-0.39, 0.29) is 37.2 Å². The Morgan fingerprint density at radius 2 is 1.86 bits per heavy atom. The van der Waals surface area contributed by atoms with E-state index < -0.39 is 72.3 Å². The molecular weight excluding hydrogens is 486 g/mol. The number of carbonyl (C=O) groups excluding carboxylic acids is 2. The van der Waals surface area contributed by atoms with E-state index in [0.29, 0.717) is 12.1 Å². The maximum Gasteiger partial charge on any atom is 0.449 e. The van der Waals surface area contributed by atoms with E-state index in [2.05, 4.69) is 4.98 Å². The number of nitrogens with zero attached hydrogens (tertiary/aromatic N) is 3. The summed E-state index contributed by atoms with van der Waals surface area (Å²) in [6.07, 6.45) is -5.56. The number of nitrogens with two attached hydrogens (primary N) is 1. The first-order valence-electron chi connectivity index (χ1n) is 10.5. The molecule has 0 spiro atoms. The largest absolute Gasteiger partial charge is 0.458 e. The monoisotopic (exact) mass is 508 g/mol. The summed E-state index contributed by atoms with van der Waals surface area (Å²) in [7, 11) is 0. The van der Waals surface area contributed by atoms with Crippen molar-refractivity contribution < 1.29 is 45.8 Å². The van der Waals surface area contributed by atoms with E-state index in [1.807, 2.05) is 0 Å². The molecule has 1 amide bonds. The topological polar surface area (TPSA) is 111 Å². The van der Waals surface area contributed by atoms with Gasteiger partial charge in [-0.25, -0.2) is 22.9 Å². The number of benzene rings is 1. The third-order valence-corrected chi connectivity index (χ3v) is 5.53. The summed E-state index contributed by atoms with van der Waals surface area (Å²) in [5.41, 5.74) is 4.84. The van der Waals surface area contributed by atoms with Crippen LogP contribution in [0, 0.1) is 17.5 Å². The molecule has 0 bridgehead atoms. The Morgan fingerprint density at radius 1 is 1.20 bits per heavy atom. The molecule has 1 aliphatic rings. The van der Waals surface area contributed by atoms with Gasteiger partial charge in [-0.3, -0.25) is 4.79 Å². The van der Waals surface area contributed by atoms with Gasteiger partial charge in [0.15, 0.2) is 17.3 Å². The lowest BCUT2D eigenvalue weighted by Gasteiger charge is -2.36. The summed E-state index contributed by atoms with van der Waals surface area (Å²) in [5.74, 6) is -6.81. The van der Waals surface area contributed by atoms with E-state index in [1.54, 1.807) is 0 Å². The van der Waals surface area contributed by atoms with E-state index in [9.17, 15) is 35.9 Å². The molecule has 0 fully saturated rings. The number of halogens is 6. The quantitative estimate of drug-likeness (QED) is 0.338. The van der Waals surface area contributed by atoms with Crippen LogP contribution in [0.1, 0.15) is 47.0 Å². The number of imidazole rings is 1. The lowest BCUT2D eigenvalue weighted by atomic mass is 10.0. The number of aromatic nitrogens is 2. The minimum absolute atomic E-state index is 0.163. The lowest BCUT2D eigenvalue weighted by molar-refractivity contribution is -0.148. The number of hydrogen-bond donors (Lipinski definition) is 2. The minimum atomic E-state index is -4.88. The van der Waals surface area contributed by atoms with Crippen molar-refractivity contribution >= 4 is 11.9 Å². The van der Waals surface area contributed by atoms with Gasteiger partial charge in [0.1, 0.15) is 12.4 Å². The van der Waals surface area contributed by atoms with E-state index >= 15 is 0 Å². The van der Waals surface area contributed by atoms with Crippen molar-refractivity contribution in [2.24, 2.45) is 5.73 Å². The first-order valence-corrected chi connectivity index (χ1v) is 10.5. The molecule has 2 heterocycles. The zero-order valence-electron chi connectivity index (χ0n) is 18.4. The van der Waals surface area contributed by atoms with E-state index in [0.717, 1.165) is 4.57 Å². The van der Waals surface area contributed by atoms with Crippen LogP contribution in [-0.2, 0) is 28.7 Å². The van der Waals surface area contributed by atoms with Crippen LogP contribution >= 0.6 is 0 Å². The van der Waals surface area contributed by atoms with Crippen molar-refractivity contribution in [3.05, 3.63) is 52.4 Å². The van der Waals surface area contributed by atoms with Gasteiger partial charge in [-0.1, -0.05) is 0 Å². The number of aliphatic hydroxyl groups excluding tert-OH is 1. The summed E-state index contributed by atoms with van der Waals surface area (Å²) in [6.45, 7) is -0.102. The Hall–Kier alpha value is -3.13. The van der Waals surface area contributed by atoms with Crippen molar-refractivity contribution in [3.8, 4) is 0 Å². The maximum absolute atomic E-state index is 13.9. The van der Waals surface area contributed by atoms with Crippen LogP contribution in [0.2, 0.25) is 0 Å². The average Bonchev–Trinajstić information content (AvgIpc) is 3.17.